The normalized spacial score (nSPS) is 13.1. The Morgan fingerprint density at radius 1 is 1.24 bits per heavy atom. The number of hydrogen-bond donors (Lipinski definition) is 0. The first-order valence-corrected chi connectivity index (χ1v) is 6.13. The van der Waals surface area contributed by atoms with Gasteiger partial charge in [-0.3, -0.25) is 0 Å². The van der Waals surface area contributed by atoms with Crippen molar-refractivity contribution in [3.63, 3.8) is 0 Å². The van der Waals surface area contributed by atoms with Crippen molar-refractivity contribution in [2.24, 2.45) is 5.41 Å². The first-order valence-electron chi connectivity index (χ1n) is 6.13. The van der Waals surface area contributed by atoms with Crippen molar-refractivity contribution in [3.05, 3.63) is 35.9 Å². The highest BCUT2D eigenvalue weighted by Crippen LogP contribution is 2.15. The molecule has 1 rings (SSSR count). The van der Waals surface area contributed by atoms with Gasteiger partial charge in [-0.1, -0.05) is 57.0 Å². The van der Waals surface area contributed by atoms with Crippen molar-refractivity contribution in [3.8, 4) is 12.3 Å². The minimum Gasteiger partial charge on any atom is -0.365 e. The van der Waals surface area contributed by atoms with Gasteiger partial charge in [-0.05, 0) is 23.8 Å². The summed E-state index contributed by atoms with van der Waals surface area (Å²) in [6.45, 7) is 7.16. The standard InChI is InChI=1S/C16H22O/c1-5-15(17-13-16(2,3)4)12-11-14-9-7-6-8-10-14/h1,6-10,15H,11-13H2,2-4H3. The average Bonchev–Trinajstić information content (AvgIpc) is 2.29. The van der Waals surface area contributed by atoms with Crippen LogP contribution in [0.3, 0.4) is 0 Å². The second kappa shape index (κ2) is 6.47. The predicted octanol–water partition coefficient (Wildman–Crippen LogP) is 3.68. The Bertz CT molecular complexity index is 353. The van der Waals surface area contributed by atoms with Crippen molar-refractivity contribution < 1.29 is 4.74 Å². The van der Waals surface area contributed by atoms with Crippen LogP contribution < -0.4 is 0 Å². The number of terminal acetylenes is 1. The zero-order valence-electron chi connectivity index (χ0n) is 11.1. The van der Waals surface area contributed by atoms with Crippen LogP contribution in [0.15, 0.2) is 30.3 Å². The molecule has 17 heavy (non-hydrogen) atoms. The summed E-state index contributed by atoms with van der Waals surface area (Å²) in [5.41, 5.74) is 1.48. The smallest absolute Gasteiger partial charge is 0.118 e. The Kier molecular flexibility index (Phi) is 5.25. The van der Waals surface area contributed by atoms with Gasteiger partial charge in [0.15, 0.2) is 0 Å². The lowest BCUT2D eigenvalue weighted by Gasteiger charge is -2.21. The molecule has 0 saturated carbocycles. The van der Waals surface area contributed by atoms with E-state index in [1.54, 1.807) is 0 Å². The lowest BCUT2D eigenvalue weighted by Crippen LogP contribution is -2.21. The number of aryl methyl sites for hydroxylation is 1. The van der Waals surface area contributed by atoms with Gasteiger partial charge in [0.05, 0.1) is 6.61 Å². The number of benzene rings is 1. The van der Waals surface area contributed by atoms with E-state index in [0.29, 0.717) is 6.61 Å². The van der Waals surface area contributed by atoms with Crippen molar-refractivity contribution in [1.29, 1.82) is 0 Å². The molecule has 1 aromatic carbocycles. The van der Waals surface area contributed by atoms with Crippen LogP contribution in [0.25, 0.3) is 0 Å². The molecule has 0 spiro atoms. The van der Waals surface area contributed by atoms with Crippen molar-refractivity contribution in [1.82, 2.24) is 0 Å². The topological polar surface area (TPSA) is 9.23 Å². The number of ether oxygens (including phenoxy) is 1. The Balaban J connectivity index is 2.36. The summed E-state index contributed by atoms with van der Waals surface area (Å²) in [5.74, 6) is 2.72. The Morgan fingerprint density at radius 3 is 2.41 bits per heavy atom. The predicted molar refractivity (Wildman–Crippen MR) is 72.8 cm³/mol. The molecule has 0 aromatic heterocycles. The third kappa shape index (κ3) is 6.14. The molecule has 0 heterocycles. The molecule has 0 fully saturated rings. The van der Waals surface area contributed by atoms with Crippen LogP contribution in [-0.4, -0.2) is 12.7 Å². The summed E-state index contributed by atoms with van der Waals surface area (Å²) in [6.07, 6.45) is 7.27. The van der Waals surface area contributed by atoms with Gasteiger partial charge in [0, 0.05) is 0 Å². The minimum absolute atomic E-state index is 0.0746. The molecule has 0 radical (unpaired) electrons. The molecule has 0 saturated heterocycles. The third-order valence-electron chi connectivity index (χ3n) is 2.44. The SMILES string of the molecule is C#CC(CCc1ccccc1)OCC(C)(C)C. The van der Waals surface area contributed by atoms with E-state index < -0.39 is 0 Å². The van der Waals surface area contributed by atoms with E-state index in [1.165, 1.54) is 5.56 Å². The van der Waals surface area contributed by atoms with Gasteiger partial charge in [0.1, 0.15) is 6.10 Å². The van der Waals surface area contributed by atoms with E-state index in [9.17, 15) is 0 Å². The quantitative estimate of drug-likeness (QED) is 0.701. The molecule has 0 aliphatic rings. The zero-order chi connectivity index (χ0) is 12.7. The van der Waals surface area contributed by atoms with E-state index >= 15 is 0 Å². The summed E-state index contributed by atoms with van der Waals surface area (Å²) >= 11 is 0. The van der Waals surface area contributed by atoms with Gasteiger partial charge in [-0.15, -0.1) is 6.42 Å². The molecule has 92 valence electrons. The highest BCUT2D eigenvalue weighted by atomic mass is 16.5. The molecule has 0 aliphatic heterocycles. The van der Waals surface area contributed by atoms with Crippen molar-refractivity contribution >= 4 is 0 Å². The van der Waals surface area contributed by atoms with E-state index in [0.717, 1.165) is 12.8 Å². The fourth-order valence-corrected chi connectivity index (χ4v) is 1.51. The van der Waals surface area contributed by atoms with Crippen LogP contribution in [0, 0.1) is 17.8 Å². The Morgan fingerprint density at radius 2 is 1.88 bits per heavy atom. The average molecular weight is 230 g/mol. The van der Waals surface area contributed by atoms with Crippen LogP contribution in [0.4, 0.5) is 0 Å². The molecule has 0 aliphatic carbocycles. The van der Waals surface area contributed by atoms with Gasteiger partial charge in [0.2, 0.25) is 0 Å². The minimum atomic E-state index is -0.0746. The molecule has 1 unspecified atom stereocenters. The first kappa shape index (κ1) is 13.8. The molecule has 1 aromatic rings. The fraction of sp³-hybridized carbons (Fsp3) is 0.500. The summed E-state index contributed by atoms with van der Waals surface area (Å²) < 4.78 is 5.74. The van der Waals surface area contributed by atoms with Crippen molar-refractivity contribution in [2.75, 3.05) is 6.61 Å². The summed E-state index contributed by atoms with van der Waals surface area (Å²) in [4.78, 5) is 0. The van der Waals surface area contributed by atoms with Gasteiger partial charge >= 0.3 is 0 Å². The van der Waals surface area contributed by atoms with Crippen molar-refractivity contribution in [2.45, 2.75) is 39.7 Å². The second-order valence-electron chi connectivity index (χ2n) is 5.55. The van der Waals surface area contributed by atoms with Crippen LogP contribution in [-0.2, 0) is 11.2 Å². The molecule has 1 atom stereocenters. The van der Waals surface area contributed by atoms with Gasteiger partial charge < -0.3 is 4.74 Å². The van der Waals surface area contributed by atoms with Gasteiger partial charge in [0.25, 0.3) is 0 Å². The largest absolute Gasteiger partial charge is 0.365 e. The Hall–Kier alpha value is -1.26. The maximum atomic E-state index is 5.74. The maximum absolute atomic E-state index is 5.74. The monoisotopic (exact) mass is 230 g/mol. The molecule has 0 amide bonds. The van der Waals surface area contributed by atoms with E-state index in [4.69, 9.17) is 11.2 Å². The van der Waals surface area contributed by atoms with Crippen LogP contribution >= 0.6 is 0 Å². The van der Waals surface area contributed by atoms with Crippen LogP contribution in [0.1, 0.15) is 32.8 Å². The summed E-state index contributed by atoms with van der Waals surface area (Å²) in [5, 5.41) is 0. The number of hydrogen-bond acceptors (Lipinski definition) is 1. The molecule has 0 N–H and O–H groups in total. The lowest BCUT2D eigenvalue weighted by atomic mass is 9.98. The van der Waals surface area contributed by atoms with E-state index in [-0.39, 0.29) is 11.5 Å². The van der Waals surface area contributed by atoms with Gasteiger partial charge in [-0.25, -0.2) is 0 Å². The van der Waals surface area contributed by atoms with Gasteiger partial charge in [-0.2, -0.15) is 0 Å². The molecular weight excluding hydrogens is 208 g/mol. The lowest BCUT2D eigenvalue weighted by molar-refractivity contribution is 0.0347. The zero-order valence-corrected chi connectivity index (χ0v) is 11.1. The first-order chi connectivity index (χ1) is 8.01. The molecule has 0 bridgehead atoms. The second-order valence-corrected chi connectivity index (χ2v) is 5.55. The highest BCUT2D eigenvalue weighted by molar-refractivity contribution is 5.15. The summed E-state index contributed by atoms with van der Waals surface area (Å²) in [7, 11) is 0. The number of rotatable bonds is 5. The highest BCUT2D eigenvalue weighted by Gasteiger charge is 2.14. The molecular formula is C16H22O. The van der Waals surface area contributed by atoms with Crippen LogP contribution in [0.2, 0.25) is 0 Å². The maximum Gasteiger partial charge on any atom is 0.118 e. The fourth-order valence-electron chi connectivity index (χ4n) is 1.51. The summed E-state index contributed by atoms with van der Waals surface area (Å²) in [6, 6.07) is 10.4. The molecule has 1 heteroatoms. The molecule has 1 nitrogen and oxygen atoms in total. The van der Waals surface area contributed by atoms with Crippen LogP contribution in [0.5, 0.6) is 0 Å². The van der Waals surface area contributed by atoms with E-state index in [2.05, 4.69) is 51.0 Å². The van der Waals surface area contributed by atoms with E-state index in [1.807, 2.05) is 6.07 Å². The third-order valence-corrected chi connectivity index (χ3v) is 2.44. The Labute approximate surface area is 105 Å².